The normalized spacial score (nSPS) is 25.1. The van der Waals surface area contributed by atoms with Crippen LogP contribution in [0.15, 0.2) is 27.4 Å². The second-order valence-electron chi connectivity index (χ2n) is 5.17. The highest BCUT2D eigenvalue weighted by Crippen LogP contribution is 2.36. The van der Waals surface area contributed by atoms with Gasteiger partial charge >= 0.3 is 5.76 Å². The van der Waals surface area contributed by atoms with Crippen molar-refractivity contribution >= 4 is 11.1 Å². The van der Waals surface area contributed by atoms with E-state index >= 15 is 0 Å². The van der Waals surface area contributed by atoms with Crippen molar-refractivity contribution in [2.75, 3.05) is 0 Å². The summed E-state index contributed by atoms with van der Waals surface area (Å²) in [5, 5.41) is 0. The van der Waals surface area contributed by atoms with Gasteiger partial charge in [-0.15, -0.1) is 0 Å². The van der Waals surface area contributed by atoms with Gasteiger partial charge in [-0.3, -0.25) is 4.57 Å². The Hall–Kier alpha value is -1.59. The third kappa shape index (κ3) is 1.67. The average molecular weight is 247 g/mol. The van der Waals surface area contributed by atoms with Gasteiger partial charge in [0, 0.05) is 19.1 Å². The minimum absolute atomic E-state index is 0.0146. The van der Waals surface area contributed by atoms with E-state index in [2.05, 4.69) is 0 Å². The van der Waals surface area contributed by atoms with E-state index in [1.807, 2.05) is 18.2 Å². The molecule has 0 radical (unpaired) electrons. The van der Waals surface area contributed by atoms with E-state index in [9.17, 15) is 4.79 Å². The van der Waals surface area contributed by atoms with Crippen LogP contribution in [0.4, 0.5) is 0 Å². The van der Waals surface area contributed by atoms with Crippen molar-refractivity contribution < 1.29 is 4.42 Å². The minimum Gasteiger partial charge on any atom is -0.408 e. The summed E-state index contributed by atoms with van der Waals surface area (Å²) in [6.07, 6.45) is 1.95. The van der Waals surface area contributed by atoms with Crippen LogP contribution in [0.25, 0.3) is 11.1 Å². The van der Waals surface area contributed by atoms with Gasteiger partial charge in [-0.05, 0) is 36.5 Å². The SMILES string of the molecule is Cn1c(=O)oc2ccc(C(N)C3CC(N)C3)cc21. The summed E-state index contributed by atoms with van der Waals surface area (Å²) in [6, 6.07) is 5.96. The minimum atomic E-state index is -0.346. The Kier molecular flexibility index (Phi) is 2.53. The van der Waals surface area contributed by atoms with Crippen molar-refractivity contribution in [2.24, 2.45) is 24.4 Å². The van der Waals surface area contributed by atoms with Gasteiger partial charge < -0.3 is 15.9 Å². The van der Waals surface area contributed by atoms with Gasteiger partial charge in [0.2, 0.25) is 0 Å². The number of rotatable bonds is 2. The van der Waals surface area contributed by atoms with Gasteiger partial charge in [-0.25, -0.2) is 4.79 Å². The maximum Gasteiger partial charge on any atom is 0.419 e. The maximum absolute atomic E-state index is 11.4. The van der Waals surface area contributed by atoms with Gasteiger partial charge in [0.15, 0.2) is 5.58 Å². The second-order valence-corrected chi connectivity index (χ2v) is 5.17. The highest BCUT2D eigenvalue weighted by atomic mass is 16.4. The molecule has 1 unspecified atom stereocenters. The first-order chi connectivity index (χ1) is 8.56. The molecule has 5 heteroatoms. The molecule has 2 aromatic rings. The first-order valence-electron chi connectivity index (χ1n) is 6.17. The van der Waals surface area contributed by atoms with Crippen molar-refractivity contribution in [3.05, 3.63) is 34.3 Å². The number of hydrogen-bond acceptors (Lipinski definition) is 4. The Balaban J connectivity index is 1.97. The molecular formula is C13H17N3O2. The first kappa shape index (κ1) is 11.5. The fourth-order valence-electron chi connectivity index (χ4n) is 2.63. The molecule has 0 saturated heterocycles. The van der Waals surface area contributed by atoms with Crippen LogP contribution in [0.5, 0.6) is 0 Å². The van der Waals surface area contributed by atoms with Crippen LogP contribution in [0.3, 0.4) is 0 Å². The Morgan fingerprint density at radius 1 is 1.44 bits per heavy atom. The molecule has 1 aromatic carbocycles. The topological polar surface area (TPSA) is 87.2 Å². The van der Waals surface area contributed by atoms with Gasteiger partial charge in [0.05, 0.1) is 5.52 Å². The Morgan fingerprint density at radius 2 is 2.17 bits per heavy atom. The van der Waals surface area contributed by atoms with E-state index in [1.54, 1.807) is 7.05 Å². The fraction of sp³-hybridized carbons (Fsp3) is 0.462. The molecule has 0 spiro atoms. The predicted molar refractivity (Wildman–Crippen MR) is 69.1 cm³/mol. The predicted octanol–water partition coefficient (Wildman–Crippen LogP) is 0.869. The van der Waals surface area contributed by atoms with Crippen molar-refractivity contribution in [1.82, 2.24) is 4.57 Å². The largest absolute Gasteiger partial charge is 0.419 e. The summed E-state index contributed by atoms with van der Waals surface area (Å²) < 4.78 is 6.60. The smallest absolute Gasteiger partial charge is 0.408 e. The summed E-state index contributed by atoms with van der Waals surface area (Å²) in [4.78, 5) is 11.4. The molecule has 1 heterocycles. The zero-order valence-electron chi connectivity index (χ0n) is 10.3. The van der Waals surface area contributed by atoms with E-state index in [-0.39, 0.29) is 11.8 Å². The number of oxazole rings is 1. The van der Waals surface area contributed by atoms with Gasteiger partial charge in [-0.2, -0.15) is 0 Å². The second kappa shape index (κ2) is 3.96. The molecular weight excluding hydrogens is 230 g/mol. The molecule has 0 amide bonds. The molecule has 96 valence electrons. The first-order valence-corrected chi connectivity index (χ1v) is 6.17. The van der Waals surface area contributed by atoms with Crippen LogP contribution in [0.1, 0.15) is 24.4 Å². The molecule has 3 rings (SSSR count). The molecule has 1 aromatic heterocycles. The van der Waals surface area contributed by atoms with Crippen molar-refractivity contribution in [1.29, 1.82) is 0 Å². The van der Waals surface area contributed by atoms with Crippen LogP contribution in [-0.4, -0.2) is 10.6 Å². The quantitative estimate of drug-likeness (QED) is 0.824. The number of nitrogens with two attached hydrogens (primary N) is 2. The van der Waals surface area contributed by atoms with Crippen LogP contribution in [0, 0.1) is 5.92 Å². The van der Waals surface area contributed by atoms with Gasteiger partial charge in [0.1, 0.15) is 0 Å². The van der Waals surface area contributed by atoms with E-state index in [0.717, 1.165) is 23.9 Å². The summed E-state index contributed by atoms with van der Waals surface area (Å²) in [5.41, 5.74) is 14.5. The van der Waals surface area contributed by atoms with E-state index in [1.165, 1.54) is 4.57 Å². The molecule has 18 heavy (non-hydrogen) atoms. The maximum atomic E-state index is 11.4. The summed E-state index contributed by atoms with van der Waals surface area (Å²) in [6.45, 7) is 0. The van der Waals surface area contributed by atoms with E-state index < -0.39 is 0 Å². The number of fused-ring (bicyclic) bond motifs is 1. The molecule has 0 bridgehead atoms. The fourth-order valence-corrected chi connectivity index (χ4v) is 2.63. The Bertz CT molecular complexity index is 637. The number of hydrogen-bond donors (Lipinski definition) is 2. The van der Waals surface area contributed by atoms with Crippen LogP contribution in [-0.2, 0) is 7.05 Å². The zero-order valence-corrected chi connectivity index (χ0v) is 10.3. The van der Waals surface area contributed by atoms with E-state index in [4.69, 9.17) is 15.9 Å². The molecule has 1 fully saturated rings. The summed E-state index contributed by atoms with van der Waals surface area (Å²) in [7, 11) is 1.70. The zero-order chi connectivity index (χ0) is 12.9. The van der Waals surface area contributed by atoms with Gasteiger partial charge in [0.25, 0.3) is 0 Å². The lowest BCUT2D eigenvalue weighted by atomic mass is 9.74. The number of benzene rings is 1. The lowest BCUT2D eigenvalue weighted by Gasteiger charge is -2.36. The summed E-state index contributed by atoms with van der Waals surface area (Å²) in [5.74, 6) is 0.0998. The number of aryl methyl sites for hydroxylation is 1. The molecule has 4 N–H and O–H groups in total. The molecule has 1 saturated carbocycles. The third-order valence-corrected chi connectivity index (χ3v) is 3.92. The lowest BCUT2D eigenvalue weighted by molar-refractivity contribution is 0.224. The Morgan fingerprint density at radius 3 is 2.83 bits per heavy atom. The molecule has 0 aliphatic heterocycles. The summed E-state index contributed by atoms with van der Waals surface area (Å²) >= 11 is 0. The molecule has 1 aliphatic rings. The molecule has 5 nitrogen and oxygen atoms in total. The molecule has 1 atom stereocenters. The van der Waals surface area contributed by atoms with Crippen LogP contribution >= 0.6 is 0 Å². The molecule has 1 aliphatic carbocycles. The highest BCUT2D eigenvalue weighted by molar-refractivity contribution is 5.73. The standard InChI is InChI=1S/C13H17N3O2/c1-16-10-6-7(2-3-11(10)18-13(16)17)12(15)8-4-9(14)5-8/h2-3,6,8-9,12H,4-5,14-15H2,1H3. The van der Waals surface area contributed by atoms with Crippen LogP contribution < -0.4 is 17.2 Å². The number of nitrogens with zero attached hydrogens (tertiary/aromatic N) is 1. The number of aromatic nitrogens is 1. The lowest BCUT2D eigenvalue weighted by Crippen LogP contribution is -2.41. The van der Waals surface area contributed by atoms with Crippen molar-refractivity contribution in [3.63, 3.8) is 0 Å². The average Bonchev–Trinajstić information content (AvgIpc) is 2.60. The van der Waals surface area contributed by atoms with Gasteiger partial charge in [-0.1, -0.05) is 6.07 Å². The van der Waals surface area contributed by atoms with Crippen molar-refractivity contribution in [3.8, 4) is 0 Å². The third-order valence-electron chi connectivity index (χ3n) is 3.92. The van der Waals surface area contributed by atoms with Crippen molar-refractivity contribution in [2.45, 2.75) is 24.9 Å². The van der Waals surface area contributed by atoms with Crippen LogP contribution in [0.2, 0.25) is 0 Å². The Labute approximate surface area is 104 Å². The highest BCUT2D eigenvalue weighted by Gasteiger charge is 2.31. The monoisotopic (exact) mass is 247 g/mol. The van der Waals surface area contributed by atoms with E-state index in [0.29, 0.717) is 17.5 Å².